The molecule has 2 heterocycles. The normalized spacial score (nSPS) is 19.7. The highest BCUT2D eigenvalue weighted by Gasteiger charge is 2.43. The number of rotatable bonds is 9. The molecule has 9 nitrogen and oxygen atoms in total. The van der Waals surface area contributed by atoms with Crippen LogP contribution in [0.5, 0.6) is 0 Å². The lowest BCUT2D eigenvalue weighted by Gasteiger charge is -2.37. The second kappa shape index (κ2) is 11.1. The molecule has 1 aliphatic heterocycles. The van der Waals surface area contributed by atoms with E-state index < -0.39 is 45.4 Å². The van der Waals surface area contributed by atoms with Gasteiger partial charge in [0, 0.05) is 18.7 Å². The predicted octanol–water partition coefficient (Wildman–Crippen LogP) is 3.18. The van der Waals surface area contributed by atoms with Crippen molar-refractivity contribution in [2.45, 2.75) is 30.5 Å². The molecule has 1 N–H and O–H groups in total. The SMILES string of the molecule is CS(=O)(=O)O[C@@H]1C[C@@H](n2ccc(=O)[nH]c2=O)O[C@H]1COC(c1ccccc1)(c1ccccc1)c1ccccc1. The zero-order valence-electron chi connectivity index (χ0n) is 21.2. The highest BCUT2D eigenvalue weighted by molar-refractivity contribution is 7.86. The highest BCUT2D eigenvalue weighted by atomic mass is 32.2. The van der Waals surface area contributed by atoms with Gasteiger partial charge in [-0.15, -0.1) is 0 Å². The number of nitrogens with zero attached hydrogens (tertiary/aromatic N) is 1. The van der Waals surface area contributed by atoms with Gasteiger partial charge in [-0.3, -0.25) is 18.5 Å². The molecule has 202 valence electrons. The molecule has 0 unspecified atom stereocenters. The van der Waals surface area contributed by atoms with Gasteiger partial charge in [0.2, 0.25) is 0 Å². The number of aromatic amines is 1. The Morgan fingerprint density at radius 2 is 1.38 bits per heavy atom. The van der Waals surface area contributed by atoms with Crippen LogP contribution < -0.4 is 11.2 Å². The summed E-state index contributed by atoms with van der Waals surface area (Å²) in [6.07, 6.45) is -0.305. The van der Waals surface area contributed by atoms with E-state index in [1.54, 1.807) is 0 Å². The summed E-state index contributed by atoms with van der Waals surface area (Å²) in [6, 6.07) is 30.4. The van der Waals surface area contributed by atoms with Gasteiger partial charge in [0.15, 0.2) is 0 Å². The summed E-state index contributed by atoms with van der Waals surface area (Å²) >= 11 is 0. The van der Waals surface area contributed by atoms with Gasteiger partial charge in [-0.25, -0.2) is 4.79 Å². The third-order valence-corrected chi connectivity index (χ3v) is 7.24. The number of hydrogen-bond donors (Lipinski definition) is 1. The van der Waals surface area contributed by atoms with Crippen molar-refractivity contribution in [2.75, 3.05) is 12.9 Å². The van der Waals surface area contributed by atoms with Crippen LogP contribution in [0.25, 0.3) is 0 Å². The van der Waals surface area contributed by atoms with E-state index in [0.29, 0.717) is 0 Å². The van der Waals surface area contributed by atoms with E-state index in [-0.39, 0.29) is 13.0 Å². The lowest BCUT2D eigenvalue weighted by atomic mass is 9.80. The van der Waals surface area contributed by atoms with Gasteiger partial charge >= 0.3 is 5.69 Å². The van der Waals surface area contributed by atoms with Crippen LogP contribution in [0.2, 0.25) is 0 Å². The number of ether oxygens (including phenoxy) is 2. The molecule has 3 atom stereocenters. The van der Waals surface area contributed by atoms with Crippen LogP contribution in [0.4, 0.5) is 0 Å². The molecule has 0 spiro atoms. The average Bonchev–Trinajstić information content (AvgIpc) is 3.31. The smallest absolute Gasteiger partial charge is 0.330 e. The molecule has 4 aromatic rings. The first-order valence-electron chi connectivity index (χ1n) is 12.4. The van der Waals surface area contributed by atoms with Gasteiger partial charge in [-0.2, -0.15) is 8.42 Å². The Labute approximate surface area is 225 Å². The molecule has 0 aliphatic carbocycles. The first-order chi connectivity index (χ1) is 18.8. The summed E-state index contributed by atoms with van der Waals surface area (Å²) < 4.78 is 43.8. The summed E-state index contributed by atoms with van der Waals surface area (Å²) in [4.78, 5) is 26.2. The van der Waals surface area contributed by atoms with Crippen molar-refractivity contribution >= 4 is 10.1 Å². The molecule has 0 radical (unpaired) electrons. The van der Waals surface area contributed by atoms with Crippen molar-refractivity contribution in [3.8, 4) is 0 Å². The maximum Gasteiger partial charge on any atom is 0.330 e. The van der Waals surface area contributed by atoms with Crippen molar-refractivity contribution in [1.29, 1.82) is 0 Å². The number of nitrogens with one attached hydrogen (secondary N) is 1. The van der Waals surface area contributed by atoms with Crippen molar-refractivity contribution in [3.63, 3.8) is 0 Å². The standard InChI is InChI=1S/C29H28N2O7S/c1-39(34,35)38-24-19-27(31-18-17-26(32)30-28(31)33)37-25(24)20-36-29(21-11-5-2-6-12-21,22-13-7-3-8-14-22)23-15-9-4-10-16-23/h2-18,24-25,27H,19-20H2,1H3,(H,30,32,33)/t24-,25+,27+/m1/s1. The van der Waals surface area contributed by atoms with E-state index in [4.69, 9.17) is 13.7 Å². The van der Waals surface area contributed by atoms with Crippen LogP contribution in [0, 0.1) is 0 Å². The minimum absolute atomic E-state index is 0.0576. The summed E-state index contributed by atoms with van der Waals surface area (Å²) in [5.74, 6) is 0. The molecule has 1 aliphatic rings. The van der Waals surface area contributed by atoms with E-state index in [2.05, 4.69) is 4.98 Å². The Morgan fingerprint density at radius 3 is 1.85 bits per heavy atom. The number of aromatic nitrogens is 2. The molecule has 1 fully saturated rings. The Kier molecular flexibility index (Phi) is 7.62. The summed E-state index contributed by atoms with van der Waals surface area (Å²) in [5, 5.41) is 0. The fraction of sp³-hybridized carbons (Fsp3) is 0.241. The molecule has 5 rings (SSSR count). The van der Waals surface area contributed by atoms with Gasteiger partial charge in [-0.05, 0) is 16.7 Å². The molecule has 0 saturated carbocycles. The fourth-order valence-electron chi connectivity index (χ4n) is 4.98. The number of benzene rings is 3. The van der Waals surface area contributed by atoms with E-state index >= 15 is 0 Å². The zero-order chi connectivity index (χ0) is 27.5. The minimum atomic E-state index is -3.85. The molecule has 0 amide bonds. The van der Waals surface area contributed by atoms with Gasteiger partial charge in [0.05, 0.1) is 12.9 Å². The van der Waals surface area contributed by atoms with Gasteiger partial charge < -0.3 is 9.47 Å². The number of hydrogen-bond acceptors (Lipinski definition) is 7. The van der Waals surface area contributed by atoms with E-state index in [0.717, 1.165) is 22.9 Å². The van der Waals surface area contributed by atoms with Crippen LogP contribution in [0.15, 0.2) is 113 Å². The van der Waals surface area contributed by atoms with Crippen LogP contribution in [-0.2, 0) is 29.4 Å². The molecule has 0 bridgehead atoms. The Balaban J connectivity index is 1.55. The van der Waals surface area contributed by atoms with Crippen molar-refractivity contribution in [2.24, 2.45) is 0 Å². The molecule has 1 saturated heterocycles. The zero-order valence-corrected chi connectivity index (χ0v) is 22.0. The van der Waals surface area contributed by atoms with E-state index in [1.165, 1.54) is 16.8 Å². The molecule has 3 aromatic carbocycles. The number of H-pyrrole nitrogens is 1. The van der Waals surface area contributed by atoms with Crippen LogP contribution >= 0.6 is 0 Å². The molecular weight excluding hydrogens is 520 g/mol. The third-order valence-electron chi connectivity index (χ3n) is 6.65. The quantitative estimate of drug-likeness (QED) is 0.252. The van der Waals surface area contributed by atoms with Gasteiger partial charge in [-0.1, -0.05) is 91.0 Å². The topological polar surface area (TPSA) is 117 Å². The van der Waals surface area contributed by atoms with Crippen LogP contribution in [0.3, 0.4) is 0 Å². The van der Waals surface area contributed by atoms with Crippen molar-refractivity contribution in [1.82, 2.24) is 9.55 Å². The first-order valence-corrected chi connectivity index (χ1v) is 14.2. The maximum absolute atomic E-state index is 12.4. The van der Waals surface area contributed by atoms with Crippen molar-refractivity contribution < 1.29 is 22.1 Å². The highest BCUT2D eigenvalue weighted by Crippen LogP contribution is 2.42. The van der Waals surface area contributed by atoms with Crippen LogP contribution in [-0.4, -0.2) is 43.0 Å². The lowest BCUT2D eigenvalue weighted by molar-refractivity contribution is -0.0910. The Hall–Kier alpha value is -3.83. The van der Waals surface area contributed by atoms with Crippen molar-refractivity contribution in [3.05, 3.63) is 141 Å². The molecule has 1 aromatic heterocycles. The molecule has 10 heteroatoms. The second-order valence-corrected chi connectivity index (χ2v) is 10.9. The predicted molar refractivity (Wildman–Crippen MR) is 145 cm³/mol. The monoisotopic (exact) mass is 548 g/mol. The minimum Gasteiger partial charge on any atom is -0.358 e. The second-order valence-electron chi connectivity index (χ2n) is 9.31. The van der Waals surface area contributed by atoms with Gasteiger partial charge in [0.1, 0.15) is 24.0 Å². The summed E-state index contributed by atoms with van der Waals surface area (Å²) in [6.45, 7) is -0.0620. The van der Waals surface area contributed by atoms with Gasteiger partial charge in [0.25, 0.3) is 15.7 Å². The maximum atomic E-state index is 12.4. The Morgan fingerprint density at radius 1 is 0.872 bits per heavy atom. The lowest BCUT2D eigenvalue weighted by Crippen LogP contribution is -2.39. The average molecular weight is 549 g/mol. The fourth-order valence-corrected chi connectivity index (χ4v) is 5.63. The molecule has 39 heavy (non-hydrogen) atoms. The van der Waals surface area contributed by atoms with Crippen LogP contribution in [0.1, 0.15) is 29.3 Å². The van der Waals surface area contributed by atoms with E-state index in [1.807, 2.05) is 91.0 Å². The first kappa shape index (κ1) is 26.8. The summed E-state index contributed by atoms with van der Waals surface area (Å²) in [5.41, 5.74) is 0.337. The third kappa shape index (κ3) is 5.79. The molecular formula is C29H28N2O7S. The largest absolute Gasteiger partial charge is 0.358 e. The Bertz CT molecular complexity index is 1520. The van der Waals surface area contributed by atoms with E-state index in [9.17, 15) is 18.0 Å². The summed E-state index contributed by atoms with van der Waals surface area (Å²) in [7, 11) is -3.85.